The van der Waals surface area contributed by atoms with Gasteiger partial charge in [-0.25, -0.2) is 0 Å². The van der Waals surface area contributed by atoms with Gasteiger partial charge in [-0.05, 0) is 31.0 Å². The summed E-state index contributed by atoms with van der Waals surface area (Å²) in [5.41, 5.74) is 9.99. The first-order valence-electron chi connectivity index (χ1n) is 5.00. The largest absolute Gasteiger partial charge is 0.382 e. The maximum atomic E-state index is 10.9. The molecule has 0 radical (unpaired) electrons. The number of H-pyrrole nitrogens is 1. The number of anilines is 1. The molecule has 0 aliphatic carbocycles. The van der Waals surface area contributed by atoms with Crippen LogP contribution in [0.15, 0.2) is 18.2 Å². The molecule has 1 aromatic heterocycles. The summed E-state index contributed by atoms with van der Waals surface area (Å²) in [7, 11) is 0. The van der Waals surface area contributed by atoms with Crippen LogP contribution in [0.1, 0.15) is 21.5 Å². The maximum Gasteiger partial charge on any atom is 0.156 e. The number of benzene rings is 1. The molecule has 0 aliphatic rings. The number of aryl methyl sites for hydroxylation is 2. The minimum absolute atomic E-state index is 0.239. The predicted molar refractivity (Wildman–Crippen MR) is 63.3 cm³/mol. The SMILES string of the molecule is Cc1ccc(-c2[nH]nc(N)c2C=O)cc1C. The second kappa shape index (κ2) is 3.81. The van der Waals surface area contributed by atoms with Crippen LogP contribution in [-0.4, -0.2) is 16.5 Å². The standard InChI is InChI=1S/C12H13N3O/c1-7-3-4-9(5-8(7)2)11-10(6-16)12(13)15-14-11/h3-6H,1-2H3,(H3,13,14,15). The number of carbonyl (C=O) groups excluding carboxylic acids is 1. The Hall–Kier alpha value is -2.10. The van der Waals surface area contributed by atoms with Crippen molar-refractivity contribution in [2.75, 3.05) is 5.73 Å². The topological polar surface area (TPSA) is 71.8 Å². The van der Waals surface area contributed by atoms with Crippen LogP contribution in [-0.2, 0) is 0 Å². The zero-order chi connectivity index (χ0) is 11.7. The van der Waals surface area contributed by atoms with Crippen molar-refractivity contribution in [3.63, 3.8) is 0 Å². The van der Waals surface area contributed by atoms with Crippen molar-refractivity contribution in [3.8, 4) is 11.3 Å². The monoisotopic (exact) mass is 215 g/mol. The van der Waals surface area contributed by atoms with Crippen molar-refractivity contribution >= 4 is 12.1 Å². The highest BCUT2D eigenvalue weighted by atomic mass is 16.1. The zero-order valence-electron chi connectivity index (χ0n) is 9.24. The molecule has 0 saturated heterocycles. The van der Waals surface area contributed by atoms with Crippen LogP contribution in [0.4, 0.5) is 5.82 Å². The minimum atomic E-state index is 0.239. The Bertz CT molecular complexity index is 543. The first kappa shape index (κ1) is 10.4. The molecule has 0 bridgehead atoms. The van der Waals surface area contributed by atoms with Gasteiger partial charge in [0.15, 0.2) is 12.1 Å². The molecule has 0 atom stereocenters. The van der Waals surface area contributed by atoms with E-state index in [1.165, 1.54) is 11.1 Å². The second-order valence-corrected chi connectivity index (χ2v) is 3.81. The van der Waals surface area contributed by atoms with E-state index in [9.17, 15) is 4.79 Å². The summed E-state index contributed by atoms with van der Waals surface area (Å²) in [5, 5.41) is 6.62. The number of aldehydes is 1. The summed E-state index contributed by atoms with van der Waals surface area (Å²) in [4.78, 5) is 10.9. The molecular formula is C12H13N3O. The van der Waals surface area contributed by atoms with Crippen molar-refractivity contribution < 1.29 is 4.79 Å². The van der Waals surface area contributed by atoms with Crippen molar-refractivity contribution in [1.29, 1.82) is 0 Å². The average Bonchev–Trinajstić information content (AvgIpc) is 2.63. The van der Waals surface area contributed by atoms with Gasteiger partial charge in [0.05, 0.1) is 11.3 Å². The van der Waals surface area contributed by atoms with Crippen LogP contribution < -0.4 is 5.73 Å². The number of carbonyl (C=O) groups is 1. The molecule has 4 nitrogen and oxygen atoms in total. The highest BCUT2D eigenvalue weighted by molar-refractivity contribution is 5.91. The summed E-state index contributed by atoms with van der Waals surface area (Å²) >= 11 is 0. The molecule has 4 heteroatoms. The third-order valence-electron chi connectivity index (χ3n) is 2.75. The van der Waals surface area contributed by atoms with E-state index in [1.807, 2.05) is 32.0 Å². The summed E-state index contributed by atoms with van der Waals surface area (Å²) in [6.45, 7) is 4.07. The molecule has 2 aromatic rings. The number of nitrogen functional groups attached to an aromatic ring is 1. The maximum absolute atomic E-state index is 10.9. The Morgan fingerprint density at radius 3 is 2.69 bits per heavy atom. The quantitative estimate of drug-likeness (QED) is 0.753. The first-order valence-corrected chi connectivity index (χ1v) is 5.00. The lowest BCUT2D eigenvalue weighted by Gasteiger charge is -2.03. The second-order valence-electron chi connectivity index (χ2n) is 3.81. The van der Waals surface area contributed by atoms with Crippen molar-refractivity contribution in [3.05, 3.63) is 34.9 Å². The van der Waals surface area contributed by atoms with E-state index in [1.54, 1.807) is 0 Å². The van der Waals surface area contributed by atoms with Gasteiger partial charge in [-0.15, -0.1) is 0 Å². The molecule has 0 saturated carbocycles. The molecule has 3 N–H and O–H groups in total. The number of nitrogens with zero attached hydrogens (tertiary/aromatic N) is 1. The van der Waals surface area contributed by atoms with E-state index in [4.69, 9.17) is 5.73 Å². The molecule has 82 valence electrons. The molecule has 0 unspecified atom stereocenters. The lowest BCUT2D eigenvalue weighted by molar-refractivity contribution is 0.112. The number of nitrogens with two attached hydrogens (primary N) is 1. The van der Waals surface area contributed by atoms with Gasteiger partial charge in [-0.1, -0.05) is 12.1 Å². The van der Waals surface area contributed by atoms with Crippen LogP contribution in [0.25, 0.3) is 11.3 Å². The molecule has 1 heterocycles. The van der Waals surface area contributed by atoms with E-state index in [0.29, 0.717) is 11.3 Å². The molecular weight excluding hydrogens is 202 g/mol. The number of aromatic amines is 1. The average molecular weight is 215 g/mol. The molecule has 0 amide bonds. The third kappa shape index (κ3) is 1.58. The van der Waals surface area contributed by atoms with Gasteiger partial charge >= 0.3 is 0 Å². The molecule has 0 spiro atoms. The highest BCUT2D eigenvalue weighted by Gasteiger charge is 2.11. The van der Waals surface area contributed by atoms with Crippen LogP contribution in [0.2, 0.25) is 0 Å². The van der Waals surface area contributed by atoms with Gasteiger partial charge in [0.2, 0.25) is 0 Å². The molecule has 0 aliphatic heterocycles. The van der Waals surface area contributed by atoms with Crippen molar-refractivity contribution in [2.24, 2.45) is 0 Å². The molecule has 1 aromatic carbocycles. The summed E-state index contributed by atoms with van der Waals surface area (Å²) in [6.07, 6.45) is 0.726. The lowest BCUT2D eigenvalue weighted by atomic mass is 10.0. The van der Waals surface area contributed by atoms with Crippen molar-refractivity contribution in [1.82, 2.24) is 10.2 Å². The number of hydrogen-bond donors (Lipinski definition) is 2. The number of nitrogens with one attached hydrogen (secondary N) is 1. The van der Waals surface area contributed by atoms with Crippen LogP contribution in [0.3, 0.4) is 0 Å². The number of rotatable bonds is 2. The number of hydrogen-bond acceptors (Lipinski definition) is 3. The van der Waals surface area contributed by atoms with Gasteiger partial charge < -0.3 is 5.73 Å². The Kier molecular flexibility index (Phi) is 2.48. The van der Waals surface area contributed by atoms with Gasteiger partial charge in [0.25, 0.3) is 0 Å². The van der Waals surface area contributed by atoms with Crippen LogP contribution in [0.5, 0.6) is 0 Å². The fourth-order valence-electron chi connectivity index (χ4n) is 1.60. The number of aromatic nitrogens is 2. The highest BCUT2D eigenvalue weighted by Crippen LogP contribution is 2.25. The van der Waals surface area contributed by atoms with Crippen molar-refractivity contribution in [2.45, 2.75) is 13.8 Å². The molecule has 2 rings (SSSR count). The smallest absolute Gasteiger partial charge is 0.156 e. The van der Waals surface area contributed by atoms with Gasteiger partial charge in [-0.2, -0.15) is 5.10 Å². The van der Waals surface area contributed by atoms with Crippen LogP contribution in [0, 0.1) is 13.8 Å². The summed E-state index contributed by atoms with van der Waals surface area (Å²) < 4.78 is 0. The van der Waals surface area contributed by atoms with E-state index in [-0.39, 0.29) is 5.82 Å². The first-order chi connectivity index (χ1) is 7.63. The summed E-state index contributed by atoms with van der Waals surface area (Å²) in [6, 6.07) is 5.97. The Labute approximate surface area is 93.5 Å². The molecule has 16 heavy (non-hydrogen) atoms. The van der Waals surface area contributed by atoms with E-state index in [0.717, 1.165) is 11.8 Å². The fraction of sp³-hybridized carbons (Fsp3) is 0.167. The summed E-state index contributed by atoms with van der Waals surface area (Å²) in [5.74, 6) is 0.239. The fourth-order valence-corrected chi connectivity index (χ4v) is 1.60. The Balaban J connectivity index is 2.58. The minimum Gasteiger partial charge on any atom is -0.382 e. The van der Waals surface area contributed by atoms with Gasteiger partial charge in [0.1, 0.15) is 0 Å². The Morgan fingerprint density at radius 2 is 2.06 bits per heavy atom. The van der Waals surface area contributed by atoms with Gasteiger partial charge in [0, 0.05) is 5.56 Å². The zero-order valence-corrected chi connectivity index (χ0v) is 9.24. The third-order valence-corrected chi connectivity index (χ3v) is 2.75. The van der Waals surface area contributed by atoms with E-state index < -0.39 is 0 Å². The van der Waals surface area contributed by atoms with E-state index in [2.05, 4.69) is 10.2 Å². The van der Waals surface area contributed by atoms with Gasteiger partial charge in [-0.3, -0.25) is 9.89 Å². The molecule has 0 fully saturated rings. The van der Waals surface area contributed by atoms with Crippen LogP contribution >= 0.6 is 0 Å². The van der Waals surface area contributed by atoms with E-state index >= 15 is 0 Å². The Morgan fingerprint density at radius 1 is 1.31 bits per heavy atom. The predicted octanol–water partition coefficient (Wildman–Crippen LogP) is 2.09. The normalized spacial score (nSPS) is 10.4. The lowest BCUT2D eigenvalue weighted by Crippen LogP contribution is -1.91.